The molecule has 27 heavy (non-hydrogen) atoms. The highest BCUT2D eigenvalue weighted by Crippen LogP contribution is 2.38. The summed E-state index contributed by atoms with van der Waals surface area (Å²) < 4.78 is 0. The Kier molecular flexibility index (Phi) is 5.55. The fraction of sp³-hybridized carbons (Fsp3) is 0.280. The highest BCUT2D eigenvalue weighted by atomic mass is 15.1. The zero-order valence-electron chi connectivity index (χ0n) is 17.3. The monoisotopic (exact) mass is 358 g/mol. The number of rotatable bonds is 5. The summed E-state index contributed by atoms with van der Waals surface area (Å²) >= 11 is 0. The van der Waals surface area contributed by atoms with E-state index in [0.29, 0.717) is 0 Å². The van der Waals surface area contributed by atoms with Gasteiger partial charge in [0.25, 0.3) is 0 Å². The largest absolute Gasteiger partial charge is 0.378 e. The molecule has 0 saturated carbocycles. The van der Waals surface area contributed by atoms with Gasteiger partial charge in [-0.15, -0.1) is 0 Å². The number of hydrogen-bond donors (Lipinski definition) is 0. The lowest BCUT2D eigenvalue weighted by atomic mass is 9.81. The van der Waals surface area contributed by atoms with Crippen LogP contribution in [0.2, 0.25) is 0 Å². The van der Waals surface area contributed by atoms with Crippen LogP contribution >= 0.6 is 0 Å². The number of anilines is 2. The Morgan fingerprint density at radius 1 is 0.593 bits per heavy atom. The summed E-state index contributed by atoms with van der Waals surface area (Å²) in [5.41, 5.74) is 9.18. The molecule has 0 aliphatic carbocycles. The van der Waals surface area contributed by atoms with Gasteiger partial charge in [-0.1, -0.05) is 42.5 Å². The maximum atomic E-state index is 2.34. The fourth-order valence-electron chi connectivity index (χ4n) is 3.61. The Morgan fingerprint density at radius 2 is 1.04 bits per heavy atom. The first-order valence-electron chi connectivity index (χ1n) is 9.49. The van der Waals surface area contributed by atoms with E-state index in [1.54, 1.807) is 0 Å². The van der Waals surface area contributed by atoms with Crippen molar-refractivity contribution in [3.63, 3.8) is 0 Å². The van der Waals surface area contributed by atoms with Crippen molar-refractivity contribution in [2.45, 2.75) is 19.8 Å². The molecule has 3 rings (SSSR count). The summed E-state index contributed by atoms with van der Waals surface area (Å²) in [6.45, 7) is 4.44. The fourth-order valence-corrected chi connectivity index (χ4v) is 3.61. The molecule has 0 spiro atoms. The smallest absolute Gasteiger partial charge is 0.0364 e. The second-order valence-electron chi connectivity index (χ2n) is 7.71. The van der Waals surface area contributed by atoms with Crippen LogP contribution in [0.25, 0.3) is 0 Å². The zero-order valence-corrected chi connectivity index (χ0v) is 17.3. The molecule has 140 valence electrons. The Hall–Kier alpha value is -2.74. The minimum absolute atomic E-state index is 0.214. The van der Waals surface area contributed by atoms with Crippen molar-refractivity contribution < 1.29 is 0 Å². The molecule has 0 radical (unpaired) electrons. The summed E-state index contributed by atoms with van der Waals surface area (Å²) in [5.74, 6) is 0.214. The summed E-state index contributed by atoms with van der Waals surface area (Å²) in [7, 11) is 8.40. The molecule has 0 aromatic heterocycles. The van der Waals surface area contributed by atoms with Gasteiger partial charge in [-0.25, -0.2) is 0 Å². The van der Waals surface area contributed by atoms with Crippen LogP contribution < -0.4 is 9.80 Å². The van der Waals surface area contributed by atoms with E-state index in [2.05, 4.69) is 119 Å². The molecule has 0 aliphatic rings. The highest BCUT2D eigenvalue weighted by molar-refractivity contribution is 5.59. The molecule has 0 unspecified atom stereocenters. The topological polar surface area (TPSA) is 6.48 Å². The molecule has 0 saturated heterocycles. The first-order chi connectivity index (χ1) is 12.9. The third-order valence-corrected chi connectivity index (χ3v) is 5.31. The van der Waals surface area contributed by atoms with Crippen molar-refractivity contribution in [2.24, 2.45) is 0 Å². The predicted molar refractivity (Wildman–Crippen MR) is 118 cm³/mol. The number of nitrogens with zero attached hydrogens (tertiary/aromatic N) is 2. The van der Waals surface area contributed by atoms with Gasteiger partial charge in [0, 0.05) is 45.5 Å². The Labute approximate surface area is 164 Å². The molecule has 0 amide bonds. The minimum atomic E-state index is 0.214. The second kappa shape index (κ2) is 7.87. The van der Waals surface area contributed by atoms with Gasteiger partial charge in [-0.05, 0) is 65.9 Å². The second-order valence-corrected chi connectivity index (χ2v) is 7.71. The van der Waals surface area contributed by atoms with Crippen LogP contribution in [0.1, 0.15) is 33.7 Å². The summed E-state index contributed by atoms with van der Waals surface area (Å²) in [6.07, 6.45) is 0. The standard InChI is InChI=1S/C25H30N2/c1-18-12-14-21(26(3)4)16-23(18)25(20-10-8-7-9-11-20)24-17-22(27(5)6)15-13-19(24)2/h7-17,25H,1-6H3. The van der Waals surface area contributed by atoms with Gasteiger partial charge in [-0.2, -0.15) is 0 Å². The molecule has 0 N–H and O–H groups in total. The molecule has 0 atom stereocenters. The first-order valence-corrected chi connectivity index (χ1v) is 9.49. The van der Waals surface area contributed by atoms with E-state index in [1.165, 1.54) is 39.2 Å². The lowest BCUT2D eigenvalue weighted by Crippen LogP contribution is -2.13. The molecule has 0 heterocycles. The van der Waals surface area contributed by atoms with Crippen LogP contribution in [0.4, 0.5) is 11.4 Å². The van der Waals surface area contributed by atoms with Gasteiger partial charge in [0.1, 0.15) is 0 Å². The third-order valence-electron chi connectivity index (χ3n) is 5.31. The number of benzene rings is 3. The van der Waals surface area contributed by atoms with E-state index >= 15 is 0 Å². The molecule has 3 aromatic carbocycles. The van der Waals surface area contributed by atoms with Crippen LogP contribution in [0.5, 0.6) is 0 Å². The zero-order chi connectivity index (χ0) is 19.6. The van der Waals surface area contributed by atoms with Gasteiger partial charge < -0.3 is 9.80 Å². The van der Waals surface area contributed by atoms with E-state index in [0.717, 1.165) is 0 Å². The van der Waals surface area contributed by atoms with Crippen molar-refractivity contribution in [1.82, 2.24) is 0 Å². The van der Waals surface area contributed by atoms with Crippen LogP contribution in [-0.4, -0.2) is 28.2 Å². The van der Waals surface area contributed by atoms with Crippen molar-refractivity contribution >= 4 is 11.4 Å². The molecular weight excluding hydrogens is 328 g/mol. The van der Waals surface area contributed by atoms with Crippen LogP contribution in [-0.2, 0) is 0 Å². The van der Waals surface area contributed by atoms with Crippen LogP contribution in [0, 0.1) is 13.8 Å². The molecular formula is C25H30N2. The van der Waals surface area contributed by atoms with Gasteiger partial charge in [0.05, 0.1) is 0 Å². The maximum absolute atomic E-state index is 2.34. The SMILES string of the molecule is Cc1ccc(N(C)C)cc1C(c1ccccc1)c1cc(N(C)C)ccc1C. The molecule has 3 aromatic rings. The molecule has 2 heteroatoms. The van der Waals surface area contributed by atoms with Gasteiger partial charge in [-0.3, -0.25) is 0 Å². The predicted octanol–water partition coefficient (Wildman–Crippen LogP) is 5.62. The molecule has 0 aliphatic heterocycles. The number of hydrogen-bond acceptors (Lipinski definition) is 2. The van der Waals surface area contributed by atoms with E-state index in [9.17, 15) is 0 Å². The van der Waals surface area contributed by atoms with Crippen molar-refractivity contribution in [2.75, 3.05) is 38.0 Å². The van der Waals surface area contributed by atoms with Crippen molar-refractivity contribution in [3.8, 4) is 0 Å². The lowest BCUT2D eigenvalue weighted by molar-refractivity contribution is 0.942. The summed E-state index contributed by atoms with van der Waals surface area (Å²) in [5, 5.41) is 0. The first kappa shape index (κ1) is 19.0. The Bertz CT molecular complexity index is 853. The lowest BCUT2D eigenvalue weighted by Gasteiger charge is -2.26. The molecule has 0 bridgehead atoms. The normalized spacial score (nSPS) is 10.9. The average Bonchev–Trinajstić information content (AvgIpc) is 2.65. The van der Waals surface area contributed by atoms with E-state index < -0.39 is 0 Å². The Morgan fingerprint density at radius 3 is 1.44 bits per heavy atom. The van der Waals surface area contributed by atoms with E-state index in [1.807, 2.05) is 0 Å². The Balaban J connectivity index is 2.26. The van der Waals surface area contributed by atoms with Gasteiger partial charge in [0.15, 0.2) is 0 Å². The van der Waals surface area contributed by atoms with Gasteiger partial charge in [0.2, 0.25) is 0 Å². The van der Waals surface area contributed by atoms with Crippen LogP contribution in [0.15, 0.2) is 66.7 Å². The number of aryl methyl sites for hydroxylation is 2. The summed E-state index contributed by atoms with van der Waals surface area (Å²) in [4.78, 5) is 4.35. The molecule has 0 fully saturated rings. The highest BCUT2D eigenvalue weighted by Gasteiger charge is 2.21. The third kappa shape index (κ3) is 4.00. The van der Waals surface area contributed by atoms with Crippen LogP contribution in [0.3, 0.4) is 0 Å². The van der Waals surface area contributed by atoms with Crippen molar-refractivity contribution in [3.05, 3.63) is 94.5 Å². The van der Waals surface area contributed by atoms with Crippen molar-refractivity contribution in [1.29, 1.82) is 0 Å². The maximum Gasteiger partial charge on any atom is 0.0364 e. The van der Waals surface area contributed by atoms with Gasteiger partial charge >= 0.3 is 0 Å². The molecule has 2 nitrogen and oxygen atoms in total. The minimum Gasteiger partial charge on any atom is -0.378 e. The summed E-state index contributed by atoms with van der Waals surface area (Å²) in [6, 6.07) is 24.4. The van der Waals surface area contributed by atoms with E-state index in [-0.39, 0.29) is 5.92 Å². The quantitative estimate of drug-likeness (QED) is 0.547. The van der Waals surface area contributed by atoms with E-state index in [4.69, 9.17) is 0 Å². The average molecular weight is 359 g/mol.